The van der Waals surface area contributed by atoms with Gasteiger partial charge in [-0.1, -0.05) is 6.07 Å². The van der Waals surface area contributed by atoms with Crippen LogP contribution in [-0.4, -0.2) is 37.4 Å². The zero-order chi connectivity index (χ0) is 24.3. The van der Waals surface area contributed by atoms with E-state index in [1.807, 2.05) is 19.1 Å². The van der Waals surface area contributed by atoms with Crippen molar-refractivity contribution in [2.24, 2.45) is 0 Å². The van der Waals surface area contributed by atoms with Crippen molar-refractivity contribution < 1.29 is 9.18 Å². The maximum absolute atomic E-state index is 15.4. The molecule has 4 aromatic heterocycles. The molecule has 1 aliphatic heterocycles. The number of amides is 1. The van der Waals surface area contributed by atoms with Crippen molar-refractivity contribution in [1.29, 1.82) is 0 Å². The van der Waals surface area contributed by atoms with Gasteiger partial charge in [0.2, 0.25) is 0 Å². The van der Waals surface area contributed by atoms with E-state index >= 15 is 4.39 Å². The Kier molecular flexibility index (Phi) is 5.01. The Morgan fingerprint density at radius 2 is 2.09 bits per heavy atom. The summed E-state index contributed by atoms with van der Waals surface area (Å²) in [5.74, 6) is -0.636. The summed E-state index contributed by atoms with van der Waals surface area (Å²) >= 11 is 1.69. The number of thiophene rings is 1. The monoisotopic (exact) mass is 488 g/mol. The molecule has 8 nitrogen and oxygen atoms in total. The van der Waals surface area contributed by atoms with Gasteiger partial charge in [-0.15, -0.1) is 11.3 Å². The highest BCUT2D eigenvalue weighted by Gasteiger charge is 2.24. The third kappa shape index (κ3) is 3.53. The molecule has 5 aromatic rings. The SMILES string of the molecule is CNC(=O)c1ccc(-c2cc3c(s2)CN(Cc2ccc4c([nH]c(=O)c5c(C)cnn54)c2F)C3)cn1. The van der Waals surface area contributed by atoms with Crippen LogP contribution in [0, 0.1) is 12.7 Å². The Morgan fingerprint density at radius 1 is 1.23 bits per heavy atom. The first-order valence-electron chi connectivity index (χ1n) is 11.1. The Labute approximate surface area is 203 Å². The van der Waals surface area contributed by atoms with Crippen molar-refractivity contribution in [3.63, 3.8) is 0 Å². The molecule has 0 radical (unpaired) electrons. The summed E-state index contributed by atoms with van der Waals surface area (Å²) in [4.78, 5) is 35.7. The summed E-state index contributed by atoms with van der Waals surface area (Å²) < 4.78 is 16.9. The van der Waals surface area contributed by atoms with Crippen LogP contribution in [0.2, 0.25) is 0 Å². The van der Waals surface area contributed by atoms with Gasteiger partial charge in [-0.05, 0) is 36.8 Å². The minimum atomic E-state index is -0.423. The number of pyridine rings is 1. The van der Waals surface area contributed by atoms with E-state index in [9.17, 15) is 9.59 Å². The average molecular weight is 489 g/mol. The molecule has 0 saturated carbocycles. The van der Waals surface area contributed by atoms with Gasteiger partial charge >= 0.3 is 0 Å². The molecule has 0 atom stereocenters. The lowest BCUT2D eigenvalue weighted by molar-refractivity contribution is 0.0958. The van der Waals surface area contributed by atoms with E-state index in [-0.39, 0.29) is 17.0 Å². The molecular weight excluding hydrogens is 467 g/mol. The summed E-state index contributed by atoms with van der Waals surface area (Å²) in [5.41, 5.74) is 4.63. The van der Waals surface area contributed by atoms with Gasteiger partial charge in [0.25, 0.3) is 11.5 Å². The number of aryl methyl sites for hydroxylation is 1. The topological polar surface area (TPSA) is 95.4 Å². The molecule has 1 aromatic carbocycles. The predicted molar refractivity (Wildman–Crippen MR) is 132 cm³/mol. The predicted octanol–water partition coefficient (Wildman–Crippen LogP) is 3.62. The Balaban J connectivity index is 1.23. The van der Waals surface area contributed by atoms with E-state index in [0.717, 1.165) is 22.5 Å². The number of halogens is 1. The molecule has 0 saturated heterocycles. The Morgan fingerprint density at radius 3 is 2.83 bits per heavy atom. The lowest BCUT2D eigenvalue weighted by Crippen LogP contribution is -2.18. The fourth-order valence-corrected chi connectivity index (χ4v) is 5.83. The molecule has 0 aliphatic carbocycles. The van der Waals surface area contributed by atoms with Crippen LogP contribution < -0.4 is 10.9 Å². The molecule has 0 spiro atoms. The first-order valence-corrected chi connectivity index (χ1v) is 11.9. The van der Waals surface area contributed by atoms with Crippen LogP contribution >= 0.6 is 11.3 Å². The number of aromatic amines is 1. The number of H-pyrrole nitrogens is 1. The normalized spacial score (nSPS) is 13.6. The zero-order valence-corrected chi connectivity index (χ0v) is 19.9. The highest BCUT2D eigenvalue weighted by molar-refractivity contribution is 7.15. The summed E-state index contributed by atoms with van der Waals surface area (Å²) in [7, 11) is 1.58. The molecule has 0 bridgehead atoms. The van der Waals surface area contributed by atoms with Gasteiger partial charge in [-0.2, -0.15) is 5.10 Å². The van der Waals surface area contributed by atoms with Crippen LogP contribution in [0.3, 0.4) is 0 Å². The number of hydrogen-bond acceptors (Lipinski definition) is 6. The fourth-order valence-electron chi connectivity index (χ4n) is 4.62. The third-order valence-electron chi connectivity index (χ3n) is 6.39. The molecule has 1 aliphatic rings. The number of rotatable bonds is 4. The van der Waals surface area contributed by atoms with E-state index < -0.39 is 5.82 Å². The molecule has 0 fully saturated rings. The second kappa shape index (κ2) is 8.10. The van der Waals surface area contributed by atoms with E-state index in [0.29, 0.717) is 35.4 Å². The Bertz CT molecular complexity index is 1660. The van der Waals surface area contributed by atoms with Crippen molar-refractivity contribution in [1.82, 2.24) is 29.8 Å². The van der Waals surface area contributed by atoms with Crippen LogP contribution in [0.25, 0.3) is 27.0 Å². The van der Waals surface area contributed by atoms with E-state index in [4.69, 9.17) is 0 Å². The highest BCUT2D eigenvalue weighted by atomic mass is 32.1. The number of fused-ring (bicyclic) bond motifs is 4. The van der Waals surface area contributed by atoms with Crippen LogP contribution in [0.15, 0.2) is 47.5 Å². The highest BCUT2D eigenvalue weighted by Crippen LogP contribution is 2.37. The lowest BCUT2D eigenvalue weighted by Gasteiger charge is -2.16. The fraction of sp³-hybridized carbons (Fsp3) is 0.200. The third-order valence-corrected chi connectivity index (χ3v) is 7.60. The molecule has 1 amide bonds. The zero-order valence-electron chi connectivity index (χ0n) is 19.1. The average Bonchev–Trinajstić information content (AvgIpc) is 3.54. The minimum Gasteiger partial charge on any atom is -0.354 e. The minimum absolute atomic E-state index is 0.173. The summed E-state index contributed by atoms with van der Waals surface area (Å²) in [6.45, 7) is 3.66. The maximum atomic E-state index is 15.4. The van der Waals surface area contributed by atoms with Gasteiger partial charge in [-0.25, -0.2) is 8.91 Å². The number of hydrogen-bond donors (Lipinski definition) is 2. The lowest BCUT2D eigenvalue weighted by atomic mass is 10.1. The number of nitrogens with zero attached hydrogens (tertiary/aromatic N) is 4. The molecule has 0 unspecified atom stereocenters. The van der Waals surface area contributed by atoms with E-state index in [1.54, 1.807) is 42.9 Å². The number of carbonyl (C=O) groups is 1. The standard InChI is InChI=1S/C25H21FN6O2S/c1-13-8-29-32-18-6-4-15(21(26)22(18)30-25(34)23(13)32)10-31-11-16-7-19(35-20(16)12-31)14-3-5-17(28-9-14)24(33)27-2/h3-9H,10-12H2,1-2H3,(H,27,33)(H,30,34). The van der Waals surface area contributed by atoms with Crippen LogP contribution in [-0.2, 0) is 19.6 Å². The molecule has 10 heteroatoms. The maximum Gasteiger partial charge on any atom is 0.274 e. The summed E-state index contributed by atoms with van der Waals surface area (Å²) in [6.07, 6.45) is 3.33. The number of carbonyl (C=O) groups excluding carboxylic acids is 1. The smallest absolute Gasteiger partial charge is 0.274 e. The first kappa shape index (κ1) is 21.6. The second-order valence-corrected chi connectivity index (χ2v) is 9.83. The molecule has 176 valence electrons. The molecule has 2 N–H and O–H groups in total. The number of nitrogens with one attached hydrogen (secondary N) is 2. The molecule has 35 heavy (non-hydrogen) atoms. The van der Waals surface area contributed by atoms with Gasteiger partial charge in [0.05, 0.1) is 11.7 Å². The van der Waals surface area contributed by atoms with Gasteiger partial charge in [0.1, 0.15) is 16.7 Å². The van der Waals surface area contributed by atoms with Gasteiger partial charge < -0.3 is 10.3 Å². The molecule has 6 rings (SSSR count). The molecule has 5 heterocycles. The van der Waals surface area contributed by atoms with Crippen LogP contribution in [0.4, 0.5) is 4.39 Å². The van der Waals surface area contributed by atoms with Crippen molar-refractivity contribution in [2.75, 3.05) is 7.05 Å². The quantitative estimate of drug-likeness (QED) is 0.403. The number of aromatic nitrogens is 4. The van der Waals surface area contributed by atoms with Crippen molar-refractivity contribution in [3.05, 3.63) is 86.2 Å². The largest absolute Gasteiger partial charge is 0.354 e. The van der Waals surface area contributed by atoms with Crippen LogP contribution in [0.1, 0.15) is 32.1 Å². The van der Waals surface area contributed by atoms with E-state index in [2.05, 4.69) is 31.3 Å². The summed E-state index contributed by atoms with van der Waals surface area (Å²) in [5, 5.41) is 6.82. The van der Waals surface area contributed by atoms with Gasteiger partial charge in [0.15, 0.2) is 5.82 Å². The first-order chi connectivity index (χ1) is 16.9. The number of benzene rings is 1. The van der Waals surface area contributed by atoms with Crippen molar-refractivity contribution in [3.8, 4) is 10.4 Å². The van der Waals surface area contributed by atoms with Gasteiger partial charge in [-0.3, -0.25) is 19.5 Å². The van der Waals surface area contributed by atoms with E-state index in [1.165, 1.54) is 15.0 Å². The summed E-state index contributed by atoms with van der Waals surface area (Å²) in [6, 6.07) is 9.34. The molecular formula is C25H21FN6O2S. The Hall–Kier alpha value is -3.89. The van der Waals surface area contributed by atoms with Gasteiger partial charge in [0, 0.05) is 59.3 Å². The van der Waals surface area contributed by atoms with Crippen molar-refractivity contribution in [2.45, 2.75) is 26.6 Å². The van der Waals surface area contributed by atoms with Crippen molar-refractivity contribution >= 4 is 33.8 Å². The van der Waals surface area contributed by atoms with Crippen LogP contribution in [0.5, 0.6) is 0 Å². The second-order valence-electron chi connectivity index (χ2n) is 8.69.